The van der Waals surface area contributed by atoms with Gasteiger partial charge in [0.15, 0.2) is 0 Å². The summed E-state index contributed by atoms with van der Waals surface area (Å²) in [7, 11) is 1.45. The zero-order chi connectivity index (χ0) is 21.1. The van der Waals surface area contributed by atoms with E-state index in [2.05, 4.69) is 30.8 Å². The molecule has 3 N–H and O–H groups in total. The van der Waals surface area contributed by atoms with Gasteiger partial charge < -0.3 is 10.1 Å². The van der Waals surface area contributed by atoms with Gasteiger partial charge in [0.05, 0.1) is 12.6 Å². The molecule has 0 saturated carbocycles. The van der Waals surface area contributed by atoms with Gasteiger partial charge in [-0.2, -0.15) is 5.10 Å². The second-order valence-corrected chi connectivity index (χ2v) is 6.64. The van der Waals surface area contributed by atoms with E-state index >= 15 is 0 Å². The van der Waals surface area contributed by atoms with Gasteiger partial charge in [-0.05, 0) is 25.1 Å². The highest BCUT2D eigenvalue weighted by atomic mass is 19.1. The molecule has 0 atom stereocenters. The Morgan fingerprint density at radius 1 is 1.20 bits per heavy atom. The van der Waals surface area contributed by atoms with Gasteiger partial charge in [0.1, 0.15) is 23.1 Å². The Balaban J connectivity index is 1.46. The van der Waals surface area contributed by atoms with Crippen LogP contribution in [0.5, 0.6) is 5.75 Å². The molecule has 0 bridgehead atoms. The van der Waals surface area contributed by atoms with E-state index in [9.17, 15) is 9.18 Å². The first-order valence-electron chi connectivity index (χ1n) is 9.18. The fraction of sp³-hybridized carbons (Fsp3) is 0.143. The summed E-state index contributed by atoms with van der Waals surface area (Å²) >= 11 is 0. The largest absolute Gasteiger partial charge is 0.496 e. The fourth-order valence-corrected chi connectivity index (χ4v) is 3.09. The van der Waals surface area contributed by atoms with Crippen molar-refractivity contribution >= 4 is 22.8 Å². The van der Waals surface area contributed by atoms with E-state index in [1.165, 1.54) is 19.2 Å². The molecule has 3 heterocycles. The van der Waals surface area contributed by atoms with E-state index in [1.54, 1.807) is 24.5 Å². The highest BCUT2D eigenvalue weighted by molar-refractivity contribution is 5.95. The SMILES string of the molecule is COc1cc(F)ccc1CNC(=O)Nc1cc2[nH]nc(-c3ccnc(C)c3)c2cn1. The van der Waals surface area contributed by atoms with Crippen molar-refractivity contribution in [3.8, 4) is 17.0 Å². The number of hydrogen-bond donors (Lipinski definition) is 3. The van der Waals surface area contributed by atoms with Crippen LogP contribution in [-0.2, 0) is 6.54 Å². The first-order valence-corrected chi connectivity index (χ1v) is 9.18. The highest BCUT2D eigenvalue weighted by Gasteiger charge is 2.12. The molecule has 1 aromatic carbocycles. The molecular formula is C21H19FN6O2. The van der Waals surface area contributed by atoms with Crippen molar-refractivity contribution in [2.45, 2.75) is 13.5 Å². The summed E-state index contributed by atoms with van der Waals surface area (Å²) in [5.74, 6) is 0.330. The Hall–Kier alpha value is -4.01. The quantitative estimate of drug-likeness (QED) is 0.468. The number of anilines is 1. The Morgan fingerprint density at radius 2 is 2.07 bits per heavy atom. The molecule has 4 rings (SSSR count). The Kier molecular flexibility index (Phi) is 5.25. The summed E-state index contributed by atoms with van der Waals surface area (Å²) in [5.41, 5.74) is 3.99. The number of amides is 2. The van der Waals surface area contributed by atoms with Crippen LogP contribution in [0, 0.1) is 12.7 Å². The summed E-state index contributed by atoms with van der Waals surface area (Å²) in [5, 5.41) is 13.5. The number of fused-ring (bicyclic) bond motifs is 1. The van der Waals surface area contributed by atoms with Gasteiger partial charge in [-0.1, -0.05) is 6.07 Å². The number of aryl methyl sites for hydroxylation is 1. The minimum atomic E-state index is -0.447. The van der Waals surface area contributed by atoms with E-state index in [1.807, 2.05) is 19.1 Å². The zero-order valence-electron chi connectivity index (χ0n) is 16.4. The molecule has 0 unspecified atom stereocenters. The normalized spacial score (nSPS) is 10.8. The fourth-order valence-electron chi connectivity index (χ4n) is 3.09. The number of rotatable bonds is 5. The molecule has 0 aliphatic carbocycles. The summed E-state index contributed by atoms with van der Waals surface area (Å²) in [6.45, 7) is 2.09. The Morgan fingerprint density at radius 3 is 2.87 bits per heavy atom. The van der Waals surface area contributed by atoms with Crippen molar-refractivity contribution in [3.05, 3.63) is 65.9 Å². The second kappa shape index (κ2) is 8.16. The van der Waals surface area contributed by atoms with Gasteiger partial charge in [0, 0.05) is 53.3 Å². The number of carbonyl (C=O) groups is 1. The van der Waals surface area contributed by atoms with Crippen molar-refractivity contribution in [3.63, 3.8) is 0 Å². The molecule has 0 radical (unpaired) electrons. The highest BCUT2D eigenvalue weighted by Crippen LogP contribution is 2.27. The molecule has 9 heteroatoms. The number of carbonyl (C=O) groups excluding carboxylic acids is 1. The van der Waals surface area contributed by atoms with E-state index < -0.39 is 11.8 Å². The maximum Gasteiger partial charge on any atom is 0.320 e. The third kappa shape index (κ3) is 4.04. The van der Waals surface area contributed by atoms with Gasteiger partial charge in [0.25, 0.3) is 0 Å². The predicted octanol–water partition coefficient (Wildman–Crippen LogP) is 3.80. The molecular weight excluding hydrogens is 387 g/mol. The third-order valence-corrected chi connectivity index (χ3v) is 4.55. The monoisotopic (exact) mass is 406 g/mol. The average molecular weight is 406 g/mol. The number of nitrogens with one attached hydrogen (secondary N) is 3. The Labute approximate surface area is 171 Å². The van der Waals surface area contributed by atoms with Crippen molar-refractivity contribution in [2.24, 2.45) is 0 Å². The molecule has 2 amide bonds. The minimum Gasteiger partial charge on any atom is -0.496 e. The van der Waals surface area contributed by atoms with Crippen LogP contribution in [0.3, 0.4) is 0 Å². The van der Waals surface area contributed by atoms with Crippen molar-refractivity contribution in [1.29, 1.82) is 0 Å². The second-order valence-electron chi connectivity index (χ2n) is 6.64. The summed E-state index contributed by atoms with van der Waals surface area (Å²) < 4.78 is 18.4. The van der Waals surface area contributed by atoms with Crippen LogP contribution < -0.4 is 15.4 Å². The van der Waals surface area contributed by atoms with Gasteiger partial charge in [-0.15, -0.1) is 0 Å². The van der Waals surface area contributed by atoms with Crippen molar-refractivity contribution < 1.29 is 13.9 Å². The molecule has 0 spiro atoms. The molecule has 4 aromatic rings. The number of aromatic nitrogens is 4. The predicted molar refractivity (Wildman–Crippen MR) is 111 cm³/mol. The van der Waals surface area contributed by atoms with E-state index in [0.717, 1.165) is 27.9 Å². The van der Waals surface area contributed by atoms with Crippen molar-refractivity contribution in [2.75, 3.05) is 12.4 Å². The number of nitrogens with zero attached hydrogens (tertiary/aromatic N) is 3. The maximum atomic E-state index is 13.3. The number of H-pyrrole nitrogens is 1. The van der Waals surface area contributed by atoms with E-state index in [0.29, 0.717) is 17.1 Å². The standard InChI is InChI=1S/C21H19FN6O2/c1-12-7-13(5-6-23-12)20-16-11-24-19(9-17(16)27-28-20)26-21(29)25-10-14-3-4-15(22)8-18(14)30-2/h3-9,11H,10H2,1-2H3,(H,27,28)(H2,24,25,26,29). The molecule has 8 nitrogen and oxygen atoms in total. The lowest BCUT2D eigenvalue weighted by atomic mass is 10.1. The van der Waals surface area contributed by atoms with E-state index in [4.69, 9.17) is 4.74 Å². The molecule has 152 valence electrons. The summed E-state index contributed by atoms with van der Waals surface area (Å²) in [6, 6.07) is 9.23. The molecule has 0 saturated heterocycles. The van der Waals surface area contributed by atoms with Crippen LogP contribution in [-0.4, -0.2) is 33.3 Å². The molecule has 0 aliphatic rings. The number of pyridine rings is 2. The zero-order valence-corrected chi connectivity index (χ0v) is 16.4. The van der Waals surface area contributed by atoms with Crippen LogP contribution in [0.1, 0.15) is 11.3 Å². The topological polar surface area (TPSA) is 105 Å². The average Bonchev–Trinajstić information content (AvgIpc) is 3.16. The molecule has 0 fully saturated rings. The molecule has 0 aliphatic heterocycles. The number of hydrogen-bond acceptors (Lipinski definition) is 5. The Bertz CT molecular complexity index is 1220. The van der Waals surface area contributed by atoms with Crippen LogP contribution in [0.2, 0.25) is 0 Å². The number of aromatic amines is 1. The van der Waals surface area contributed by atoms with Crippen LogP contribution in [0.15, 0.2) is 48.8 Å². The summed E-state index contributed by atoms with van der Waals surface area (Å²) in [4.78, 5) is 20.7. The lowest BCUT2D eigenvalue weighted by Crippen LogP contribution is -2.28. The first-order chi connectivity index (χ1) is 14.5. The smallest absolute Gasteiger partial charge is 0.320 e. The number of urea groups is 1. The third-order valence-electron chi connectivity index (χ3n) is 4.55. The minimum absolute atomic E-state index is 0.174. The first kappa shape index (κ1) is 19.3. The molecule has 3 aromatic heterocycles. The number of halogens is 1. The van der Waals surface area contributed by atoms with Crippen molar-refractivity contribution in [1.82, 2.24) is 25.5 Å². The van der Waals surface area contributed by atoms with Gasteiger partial charge >= 0.3 is 6.03 Å². The van der Waals surface area contributed by atoms with Crippen LogP contribution >= 0.6 is 0 Å². The van der Waals surface area contributed by atoms with Gasteiger partial charge in [-0.3, -0.25) is 15.4 Å². The van der Waals surface area contributed by atoms with E-state index in [-0.39, 0.29) is 6.54 Å². The van der Waals surface area contributed by atoms with Gasteiger partial charge in [0.2, 0.25) is 0 Å². The number of methoxy groups -OCH3 is 1. The summed E-state index contributed by atoms with van der Waals surface area (Å²) in [6.07, 6.45) is 3.39. The number of ether oxygens (including phenoxy) is 1. The van der Waals surface area contributed by atoms with Crippen LogP contribution in [0.4, 0.5) is 15.0 Å². The van der Waals surface area contributed by atoms with Gasteiger partial charge in [-0.25, -0.2) is 14.2 Å². The lowest BCUT2D eigenvalue weighted by molar-refractivity contribution is 0.251. The lowest BCUT2D eigenvalue weighted by Gasteiger charge is -2.10. The number of benzene rings is 1. The molecule has 30 heavy (non-hydrogen) atoms. The maximum absolute atomic E-state index is 13.3. The van der Waals surface area contributed by atoms with Crippen LogP contribution in [0.25, 0.3) is 22.2 Å².